The van der Waals surface area contributed by atoms with Gasteiger partial charge in [-0.2, -0.15) is 0 Å². The van der Waals surface area contributed by atoms with Gasteiger partial charge in [-0.15, -0.1) is 0 Å². The van der Waals surface area contributed by atoms with Crippen LogP contribution in [0.3, 0.4) is 0 Å². The smallest absolute Gasteiger partial charge is 0.0500 e. The molecule has 1 heteroatoms. The lowest BCUT2D eigenvalue weighted by atomic mass is 9.97. The molecule has 0 atom stereocenters. The van der Waals surface area contributed by atoms with Crippen molar-refractivity contribution in [2.45, 2.75) is 39.7 Å². The predicted octanol–water partition coefficient (Wildman–Crippen LogP) is 5.19. The molecular weight excluding hydrogens is 230 g/mol. The second-order valence-corrected chi connectivity index (χ2v) is 5.66. The van der Waals surface area contributed by atoms with Gasteiger partial charge in [-0.25, -0.2) is 0 Å². The Morgan fingerprint density at radius 1 is 1.21 bits per heavy atom. The van der Waals surface area contributed by atoms with Crippen LogP contribution >= 0.6 is 0 Å². The Morgan fingerprint density at radius 2 is 1.95 bits per heavy atom. The maximum Gasteiger partial charge on any atom is 0.0500 e. The first-order chi connectivity index (χ1) is 9.03. The summed E-state index contributed by atoms with van der Waals surface area (Å²) < 4.78 is 0. The fraction of sp³-hybridized carbons (Fsp3) is 0.333. The molecular formula is C18H23N. The van der Waals surface area contributed by atoms with E-state index < -0.39 is 0 Å². The molecule has 1 aliphatic carbocycles. The molecule has 1 N–H and O–H groups in total. The number of anilines is 1. The van der Waals surface area contributed by atoms with Crippen molar-refractivity contribution in [2.24, 2.45) is 0 Å². The van der Waals surface area contributed by atoms with Crippen LogP contribution in [0.25, 0.3) is 5.57 Å². The van der Waals surface area contributed by atoms with Gasteiger partial charge in [0.1, 0.15) is 0 Å². The monoisotopic (exact) mass is 253 g/mol. The van der Waals surface area contributed by atoms with Crippen molar-refractivity contribution in [1.82, 2.24) is 0 Å². The van der Waals surface area contributed by atoms with Gasteiger partial charge in [-0.05, 0) is 51.3 Å². The van der Waals surface area contributed by atoms with Crippen LogP contribution in [-0.4, -0.2) is 5.54 Å². The molecule has 19 heavy (non-hydrogen) atoms. The summed E-state index contributed by atoms with van der Waals surface area (Å²) in [7, 11) is 0. The summed E-state index contributed by atoms with van der Waals surface area (Å²) in [5.74, 6) is 0. The molecule has 0 bridgehead atoms. The fourth-order valence-electron chi connectivity index (χ4n) is 2.60. The number of rotatable bonds is 4. The average Bonchev–Trinajstić information content (AvgIpc) is 2.75. The summed E-state index contributed by atoms with van der Waals surface area (Å²) in [6, 6.07) is 8.58. The predicted molar refractivity (Wildman–Crippen MR) is 85.3 cm³/mol. The molecule has 1 aromatic rings. The summed E-state index contributed by atoms with van der Waals surface area (Å²) in [6.07, 6.45) is 9.77. The number of hydrogen-bond donors (Lipinski definition) is 1. The van der Waals surface area contributed by atoms with Crippen molar-refractivity contribution >= 4 is 11.3 Å². The lowest BCUT2D eigenvalue weighted by molar-refractivity contribution is 0.711. The molecule has 0 aliphatic heterocycles. The molecule has 0 saturated heterocycles. The van der Waals surface area contributed by atoms with E-state index in [9.17, 15) is 0 Å². The van der Waals surface area contributed by atoms with Crippen LogP contribution in [0.5, 0.6) is 0 Å². The number of allylic oxidation sites excluding steroid dienone is 5. The lowest BCUT2D eigenvalue weighted by Crippen LogP contribution is -2.28. The van der Waals surface area contributed by atoms with Crippen molar-refractivity contribution in [2.75, 3.05) is 5.32 Å². The molecule has 1 nitrogen and oxygen atoms in total. The van der Waals surface area contributed by atoms with E-state index in [-0.39, 0.29) is 5.54 Å². The van der Waals surface area contributed by atoms with Gasteiger partial charge in [0, 0.05) is 16.8 Å². The molecule has 0 aromatic heterocycles. The van der Waals surface area contributed by atoms with Crippen LogP contribution in [0.15, 0.2) is 54.1 Å². The second kappa shape index (κ2) is 5.48. The maximum atomic E-state index is 3.64. The highest BCUT2D eigenvalue weighted by Crippen LogP contribution is 2.34. The summed E-state index contributed by atoms with van der Waals surface area (Å²) in [5, 5.41) is 3.64. The molecule has 0 unspecified atom stereocenters. The van der Waals surface area contributed by atoms with Gasteiger partial charge in [0.2, 0.25) is 0 Å². The first-order valence-electron chi connectivity index (χ1n) is 6.91. The molecule has 0 radical (unpaired) electrons. The number of nitrogens with one attached hydrogen (secondary N) is 1. The topological polar surface area (TPSA) is 12.0 Å². The standard InChI is InChI=1S/C18H23N/c1-5-13-18(3,4)19-17-12-7-6-10-16(17)15-11-8-9-14(15)2/h5-10,12-13,19H,11H2,1-4H3. The van der Waals surface area contributed by atoms with Gasteiger partial charge in [0.15, 0.2) is 0 Å². The first-order valence-corrected chi connectivity index (χ1v) is 6.91. The molecule has 100 valence electrons. The Balaban J connectivity index is 2.35. The van der Waals surface area contributed by atoms with E-state index in [0.717, 1.165) is 6.42 Å². The summed E-state index contributed by atoms with van der Waals surface area (Å²) in [6.45, 7) is 8.63. The molecule has 0 amide bonds. The molecule has 0 saturated carbocycles. The lowest BCUT2D eigenvalue weighted by Gasteiger charge is -2.26. The van der Waals surface area contributed by atoms with E-state index in [4.69, 9.17) is 0 Å². The fourth-order valence-corrected chi connectivity index (χ4v) is 2.60. The molecule has 0 heterocycles. The summed E-state index contributed by atoms with van der Waals surface area (Å²) in [4.78, 5) is 0. The minimum Gasteiger partial charge on any atom is -0.376 e. The highest BCUT2D eigenvalue weighted by atomic mass is 15.0. The van der Waals surface area contributed by atoms with E-state index in [1.54, 1.807) is 0 Å². The van der Waals surface area contributed by atoms with Gasteiger partial charge in [-0.3, -0.25) is 0 Å². The molecule has 0 fully saturated rings. The van der Waals surface area contributed by atoms with Gasteiger partial charge in [0.25, 0.3) is 0 Å². The van der Waals surface area contributed by atoms with Crippen LogP contribution < -0.4 is 5.32 Å². The highest BCUT2D eigenvalue weighted by molar-refractivity contribution is 5.82. The third-order valence-electron chi connectivity index (χ3n) is 3.46. The van der Waals surface area contributed by atoms with Crippen LogP contribution in [0, 0.1) is 0 Å². The Morgan fingerprint density at radius 3 is 2.58 bits per heavy atom. The van der Waals surface area contributed by atoms with Crippen molar-refractivity contribution in [3.8, 4) is 0 Å². The van der Waals surface area contributed by atoms with E-state index >= 15 is 0 Å². The van der Waals surface area contributed by atoms with E-state index in [2.05, 4.69) is 81.6 Å². The molecule has 0 spiro atoms. The Hall–Kier alpha value is -1.76. The zero-order valence-corrected chi connectivity index (χ0v) is 12.3. The van der Waals surface area contributed by atoms with Crippen LogP contribution in [0.4, 0.5) is 5.69 Å². The number of benzene rings is 1. The Labute approximate surface area is 116 Å². The molecule has 1 aromatic carbocycles. The van der Waals surface area contributed by atoms with Gasteiger partial charge >= 0.3 is 0 Å². The normalized spacial score (nSPS) is 15.6. The molecule has 1 aliphatic rings. The summed E-state index contributed by atoms with van der Waals surface area (Å²) >= 11 is 0. The minimum absolute atomic E-state index is 0.0364. The first kappa shape index (κ1) is 13.7. The van der Waals surface area contributed by atoms with Crippen LogP contribution in [-0.2, 0) is 0 Å². The number of para-hydroxylation sites is 1. The van der Waals surface area contributed by atoms with E-state index in [1.165, 1.54) is 22.4 Å². The van der Waals surface area contributed by atoms with Gasteiger partial charge in [0.05, 0.1) is 0 Å². The van der Waals surface area contributed by atoms with Crippen LogP contribution in [0.1, 0.15) is 39.7 Å². The zero-order chi connectivity index (χ0) is 13.9. The minimum atomic E-state index is -0.0364. The van der Waals surface area contributed by atoms with E-state index in [1.807, 2.05) is 0 Å². The maximum absolute atomic E-state index is 3.64. The van der Waals surface area contributed by atoms with Crippen molar-refractivity contribution in [3.63, 3.8) is 0 Å². The van der Waals surface area contributed by atoms with Crippen molar-refractivity contribution < 1.29 is 0 Å². The van der Waals surface area contributed by atoms with Crippen molar-refractivity contribution in [1.29, 1.82) is 0 Å². The number of hydrogen-bond acceptors (Lipinski definition) is 1. The zero-order valence-electron chi connectivity index (χ0n) is 12.3. The molecule has 2 rings (SSSR count). The van der Waals surface area contributed by atoms with Gasteiger partial charge < -0.3 is 5.32 Å². The highest BCUT2D eigenvalue weighted by Gasteiger charge is 2.17. The summed E-state index contributed by atoms with van der Waals surface area (Å²) in [5.41, 5.74) is 5.30. The third-order valence-corrected chi connectivity index (χ3v) is 3.46. The third kappa shape index (κ3) is 3.17. The van der Waals surface area contributed by atoms with Crippen LogP contribution in [0.2, 0.25) is 0 Å². The quantitative estimate of drug-likeness (QED) is 0.728. The SMILES string of the molecule is CC=CC(C)(C)Nc1ccccc1C1=C(C)C=CC1. The largest absolute Gasteiger partial charge is 0.376 e. The van der Waals surface area contributed by atoms with Gasteiger partial charge in [-0.1, -0.05) is 42.5 Å². The Kier molecular flexibility index (Phi) is 3.94. The van der Waals surface area contributed by atoms with Crippen molar-refractivity contribution in [3.05, 3.63) is 59.7 Å². The van der Waals surface area contributed by atoms with E-state index in [0.29, 0.717) is 0 Å². The second-order valence-electron chi connectivity index (χ2n) is 5.66. The average molecular weight is 253 g/mol. The Bertz CT molecular complexity index is 545.